The van der Waals surface area contributed by atoms with Gasteiger partial charge in [0, 0.05) is 26.5 Å². The number of azo groups is 2. The maximum Gasteiger partial charge on any atom is 0.343 e. The van der Waals surface area contributed by atoms with Crippen LogP contribution in [0.4, 0.5) is 34.6 Å². The van der Waals surface area contributed by atoms with Gasteiger partial charge in [-0.2, -0.15) is 29.8 Å². The maximum absolute atomic E-state index is 12.9. The van der Waals surface area contributed by atoms with Crippen LogP contribution in [-0.4, -0.2) is 74.2 Å². The number of nitrogen functional groups attached to an aromatic ring is 2. The topological polar surface area (TPSA) is 251 Å². The summed E-state index contributed by atoms with van der Waals surface area (Å²) in [6.07, 6.45) is 5.81. The Morgan fingerprint density at radius 1 is 0.680 bits per heavy atom. The summed E-state index contributed by atoms with van der Waals surface area (Å²) in [5.41, 5.74) is 14.2. The third-order valence-corrected chi connectivity index (χ3v) is 7.15. The first kappa shape index (κ1) is 32.8. The Hall–Kier alpha value is -7.12. The molecule has 6 aromatic rings. The monoisotopic (exact) mass is 678 g/mol. The summed E-state index contributed by atoms with van der Waals surface area (Å²) in [7, 11) is 3.18. The minimum atomic E-state index is -0.757. The van der Waals surface area contributed by atoms with Crippen LogP contribution in [0.15, 0.2) is 81.6 Å². The molecule has 20 heteroatoms. The average molecular weight is 679 g/mol. The minimum absolute atomic E-state index is 0.0341. The Kier molecular flexibility index (Phi) is 9.14. The normalized spacial score (nSPS) is 11.5. The largest absolute Gasteiger partial charge is 0.458 e. The number of ether oxygens (including phenoxy) is 2. The summed E-state index contributed by atoms with van der Waals surface area (Å²) < 4.78 is 16.2. The predicted octanol–water partition coefficient (Wildman–Crippen LogP) is 3.94. The highest BCUT2D eigenvalue weighted by atomic mass is 16.6. The van der Waals surface area contributed by atoms with E-state index in [1.54, 1.807) is 76.7 Å². The van der Waals surface area contributed by atoms with E-state index in [0.717, 1.165) is 0 Å². The van der Waals surface area contributed by atoms with E-state index in [0.29, 0.717) is 34.4 Å². The van der Waals surface area contributed by atoms with Gasteiger partial charge >= 0.3 is 11.9 Å². The zero-order chi connectivity index (χ0) is 35.4. The van der Waals surface area contributed by atoms with Crippen molar-refractivity contribution in [3.8, 4) is 11.6 Å². The highest BCUT2D eigenvalue weighted by Crippen LogP contribution is 2.32. The van der Waals surface area contributed by atoms with E-state index in [4.69, 9.17) is 20.9 Å². The van der Waals surface area contributed by atoms with Crippen molar-refractivity contribution in [2.24, 2.45) is 34.6 Å². The summed E-state index contributed by atoms with van der Waals surface area (Å²) >= 11 is 0. The van der Waals surface area contributed by atoms with Gasteiger partial charge in [-0.1, -0.05) is 12.1 Å². The molecule has 0 saturated carbocycles. The van der Waals surface area contributed by atoms with E-state index < -0.39 is 11.9 Å². The number of hydrogen-bond acceptors (Lipinski definition) is 16. The van der Waals surface area contributed by atoms with Crippen molar-refractivity contribution in [3.05, 3.63) is 83.7 Å². The molecule has 6 heterocycles. The first-order valence-corrected chi connectivity index (χ1v) is 14.9. The fourth-order valence-electron chi connectivity index (χ4n) is 4.63. The zero-order valence-corrected chi connectivity index (χ0v) is 27.2. The van der Waals surface area contributed by atoms with Crippen LogP contribution in [0.3, 0.4) is 0 Å². The van der Waals surface area contributed by atoms with E-state index in [1.807, 2.05) is 0 Å². The molecule has 0 aliphatic heterocycles. The van der Waals surface area contributed by atoms with Gasteiger partial charge in [-0.15, -0.1) is 20.5 Å². The maximum atomic E-state index is 12.9. The quantitative estimate of drug-likeness (QED) is 0.112. The van der Waals surface area contributed by atoms with Gasteiger partial charge in [0.25, 0.3) is 0 Å². The number of nitrogens with two attached hydrogens (primary N) is 2. The second-order valence-electron chi connectivity index (χ2n) is 10.5. The van der Waals surface area contributed by atoms with Gasteiger partial charge in [0.05, 0.1) is 23.8 Å². The number of hydrogen-bond donors (Lipinski definition) is 2. The molecule has 0 aliphatic carbocycles. The average Bonchev–Trinajstić information content (AvgIpc) is 3.84. The summed E-state index contributed by atoms with van der Waals surface area (Å²) in [5.74, 6) is 0.162. The van der Waals surface area contributed by atoms with Gasteiger partial charge in [-0.05, 0) is 38.1 Å². The molecule has 0 aromatic carbocycles. The van der Waals surface area contributed by atoms with Crippen molar-refractivity contribution in [1.29, 1.82) is 0 Å². The van der Waals surface area contributed by atoms with E-state index in [-0.39, 0.29) is 47.6 Å². The van der Waals surface area contributed by atoms with E-state index in [2.05, 4.69) is 50.8 Å². The molecule has 0 aliphatic rings. The SMILES string of the molecule is Cc1nn(-c2ccccn2)c(N)c1/N=N/c1c(C(=O)OCCOC(=O)c2cnn(C)c2/N=N/c2c(C)nn(-c3ccccn3)c2N)cnn1C. The number of esters is 2. The lowest BCUT2D eigenvalue weighted by molar-refractivity contribution is 0.0266. The molecule has 0 bridgehead atoms. The van der Waals surface area contributed by atoms with Crippen LogP contribution < -0.4 is 11.5 Å². The van der Waals surface area contributed by atoms with Crippen LogP contribution in [-0.2, 0) is 23.6 Å². The van der Waals surface area contributed by atoms with Crippen LogP contribution in [0.2, 0.25) is 0 Å². The van der Waals surface area contributed by atoms with Gasteiger partial charge in [0.1, 0.15) is 24.3 Å². The zero-order valence-electron chi connectivity index (χ0n) is 27.2. The van der Waals surface area contributed by atoms with Crippen LogP contribution in [0.25, 0.3) is 11.6 Å². The van der Waals surface area contributed by atoms with Crippen molar-refractivity contribution in [2.75, 3.05) is 24.7 Å². The van der Waals surface area contributed by atoms with Crippen molar-refractivity contribution in [1.82, 2.24) is 49.1 Å². The molecular formula is C30H30N16O4. The van der Waals surface area contributed by atoms with Gasteiger partial charge in [-0.25, -0.2) is 28.9 Å². The molecule has 0 fully saturated rings. The fourth-order valence-corrected chi connectivity index (χ4v) is 4.63. The Morgan fingerprint density at radius 2 is 1.10 bits per heavy atom. The molecule has 50 heavy (non-hydrogen) atoms. The number of carbonyl (C=O) groups excluding carboxylic acids is 2. The summed E-state index contributed by atoms with van der Waals surface area (Å²) in [6, 6.07) is 10.7. The highest BCUT2D eigenvalue weighted by Gasteiger charge is 2.22. The molecule has 0 spiro atoms. The van der Waals surface area contributed by atoms with Crippen LogP contribution in [0.5, 0.6) is 0 Å². The molecule has 0 radical (unpaired) electrons. The standard InChI is InChI=1S/C30H30N16O4/c1-17-23(25(31)45(41-17)21-9-5-7-11-33-21)37-39-27-19(15-35-43(27)3)29(47)49-13-14-50-30(48)20-16-36-44(4)28(20)40-38-24-18(2)42-46(26(24)32)22-10-6-8-12-34-22/h5-12,15-16H,13-14,31-32H2,1-4H3/b39-37+,40-38+. The molecule has 0 amide bonds. The first-order valence-electron chi connectivity index (χ1n) is 14.9. The molecule has 0 saturated heterocycles. The predicted molar refractivity (Wildman–Crippen MR) is 176 cm³/mol. The smallest absolute Gasteiger partial charge is 0.343 e. The minimum Gasteiger partial charge on any atom is -0.458 e. The van der Waals surface area contributed by atoms with E-state index >= 15 is 0 Å². The highest BCUT2D eigenvalue weighted by molar-refractivity contribution is 5.94. The fraction of sp³-hybridized carbons (Fsp3) is 0.200. The second kappa shape index (κ2) is 13.9. The van der Waals surface area contributed by atoms with Crippen molar-refractivity contribution >= 4 is 46.6 Å². The van der Waals surface area contributed by atoms with Crippen LogP contribution in [0, 0.1) is 13.8 Å². The number of pyridine rings is 2. The lowest BCUT2D eigenvalue weighted by Crippen LogP contribution is -2.14. The number of aryl methyl sites for hydroxylation is 4. The summed E-state index contributed by atoms with van der Waals surface area (Å²) in [4.78, 5) is 34.3. The molecular weight excluding hydrogens is 648 g/mol. The lowest BCUT2D eigenvalue weighted by atomic mass is 10.3. The Labute approximate surface area is 283 Å². The number of anilines is 2. The van der Waals surface area contributed by atoms with Crippen molar-refractivity contribution in [3.63, 3.8) is 0 Å². The number of nitrogens with zero attached hydrogens (tertiary/aromatic N) is 14. The molecule has 6 aromatic heterocycles. The molecule has 4 N–H and O–H groups in total. The first-order chi connectivity index (χ1) is 24.1. The Morgan fingerprint density at radius 3 is 1.48 bits per heavy atom. The Balaban J connectivity index is 1.08. The van der Waals surface area contributed by atoms with Gasteiger partial charge in [-0.3, -0.25) is 0 Å². The van der Waals surface area contributed by atoms with Crippen molar-refractivity contribution < 1.29 is 19.1 Å². The summed E-state index contributed by atoms with van der Waals surface area (Å²) in [6.45, 7) is 2.91. The van der Waals surface area contributed by atoms with Gasteiger partial charge in [0.15, 0.2) is 46.3 Å². The third-order valence-electron chi connectivity index (χ3n) is 7.15. The van der Waals surface area contributed by atoms with Gasteiger partial charge < -0.3 is 20.9 Å². The number of aromatic nitrogens is 10. The number of rotatable bonds is 11. The molecule has 0 unspecified atom stereocenters. The van der Waals surface area contributed by atoms with Gasteiger partial charge in [0.2, 0.25) is 0 Å². The third kappa shape index (κ3) is 6.52. The van der Waals surface area contributed by atoms with E-state index in [9.17, 15) is 9.59 Å². The van der Waals surface area contributed by atoms with Crippen LogP contribution >= 0.6 is 0 Å². The molecule has 0 atom stereocenters. The molecule has 20 nitrogen and oxygen atoms in total. The molecule has 6 rings (SSSR count). The number of carbonyl (C=O) groups is 2. The Bertz CT molecular complexity index is 2070. The van der Waals surface area contributed by atoms with Crippen LogP contribution in [0.1, 0.15) is 32.1 Å². The summed E-state index contributed by atoms with van der Waals surface area (Å²) in [5, 5.41) is 33.8. The molecule has 254 valence electrons. The van der Waals surface area contributed by atoms with Crippen molar-refractivity contribution in [2.45, 2.75) is 13.8 Å². The second-order valence-corrected chi connectivity index (χ2v) is 10.5. The van der Waals surface area contributed by atoms with E-state index in [1.165, 1.54) is 31.1 Å². The lowest BCUT2D eigenvalue weighted by Gasteiger charge is -2.06.